The van der Waals surface area contributed by atoms with E-state index in [-0.39, 0.29) is 11.9 Å². The first-order valence-electron chi connectivity index (χ1n) is 11.7. The third kappa shape index (κ3) is 18.8. The third-order valence-corrected chi connectivity index (χ3v) is 5.74. The van der Waals surface area contributed by atoms with Crippen LogP contribution in [0, 0.1) is 0 Å². The molecule has 0 saturated carbocycles. The van der Waals surface area contributed by atoms with Crippen molar-refractivity contribution in [3.8, 4) is 0 Å². The highest BCUT2D eigenvalue weighted by atomic mass is 32.2. The zero-order valence-electron chi connectivity index (χ0n) is 19.2. The lowest BCUT2D eigenvalue weighted by molar-refractivity contribution is -0.145. The number of unbranched alkanes of at least 4 members (excludes halogenated alkanes) is 11. The molecule has 0 aliphatic carbocycles. The Labute approximate surface area is 184 Å². The lowest BCUT2D eigenvalue weighted by Crippen LogP contribution is -2.41. The van der Waals surface area contributed by atoms with Gasteiger partial charge in [0, 0.05) is 6.42 Å². The molecule has 0 aromatic rings. The van der Waals surface area contributed by atoms with Crippen LogP contribution in [0.15, 0.2) is 12.2 Å². The Morgan fingerprint density at radius 2 is 1.45 bits per heavy atom. The fourth-order valence-corrected chi connectivity index (χ4v) is 3.72. The summed E-state index contributed by atoms with van der Waals surface area (Å²) >= 11 is 1.66. The normalized spacial score (nSPS) is 12.2. The van der Waals surface area contributed by atoms with Crippen LogP contribution in [0.5, 0.6) is 0 Å². The molecule has 0 fully saturated rings. The van der Waals surface area contributed by atoms with Crippen molar-refractivity contribution in [1.29, 1.82) is 0 Å². The molecule has 0 rings (SSSR count). The van der Waals surface area contributed by atoms with Gasteiger partial charge in [-0.2, -0.15) is 11.8 Å². The largest absolute Gasteiger partial charge is 0.467 e. The molecule has 0 spiro atoms. The van der Waals surface area contributed by atoms with Crippen molar-refractivity contribution >= 4 is 23.6 Å². The van der Waals surface area contributed by atoms with Crippen LogP contribution in [0.1, 0.15) is 103 Å². The lowest BCUT2D eigenvalue weighted by Gasteiger charge is -2.15. The summed E-state index contributed by atoms with van der Waals surface area (Å²) in [6.45, 7) is 2.26. The number of allylic oxidation sites excluding steroid dienone is 2. The minimum atomic E-state index is -0.511. The number of carbonyl (C=O) groups excluding carboxylic acids is 2. The van der Waals surface area contributed by atoms with E-state index < -0.39 is 6.04 Å². The topological polar surface area (TPSA) is 55.4 Å². The number of nitrogens with one attached hydrogen (secondary N) is 1. The summed E-state index contributed by atoms with van der Waals surface area (Å²) in [5.74, 6) is 0.434. The number of hydrogen-bond acceptors (Lipinski definition) is 4. The average Bonchev–Trinajstić information content (AvgIpc) is 2.73. The molecule has 0 saturated heterocycles. The number of amides is 1. The molecule has 0 aliphatic rings. The molecule has 4 nitrogen and oxygen atoms in total. The van der Waals surface area contributed by atoms with E-state index in [2.05, 4.69) is 24.4 Å². The molecule has 1 N–H and O–H groups in total. The number of methoxy groups -OCH3 is 1. The van der Waals surface area contributed by atoms with Gasteiger partial charge in [-0.05, 0) is 50.5 Å². The number of carbonyl (C=O) groups is 2. The van der Waals surface area contributed by atoms with Gasteiger partial charge < -0.3 is 10.1 Å². The Bertz CT molecular complexity index is 426. The van der Waals surface area contributed by atoms with Gasteiger partial charge in [-0.25, -0.2) is 4.79 Å². The van der Waals surface area contributed by atoms with Crippen LogP contribution < -0.4 is 5.32 Å². The molecule has 0 heterocycles. The molecule has 1 unspecified atom stereocenters. The molecule has 0 bridgehead atoms. The second-order valence-corrected chi connectivity index (χ2v) is 8.74. The third-order valence-electron chi connectivity index (χ3n) is 5.10. The summed E-state index contributed by atoms with van der Waals surface area (Å²) in [4.78, 5) is 23.8. The first-order valence-corrected chi connectivity index (χ1v) is 13.1. The Hall–Kier alpha value is -0.970. The van der Waals surface area contributed by atoms with Crippen LogP contribution in [0.4, 0.5) is 0 Å². The van der Waals surface area contributed by atoms with Crippen LogP contribution in [-0.4, -0.2) is 37.0 Å². The van der Waals surface area contributed by atoms with Crippen LogP contribution in [0.2, 0.25) is 0 Å². The Balaban J connectivity index is 3.55. The highest BCUT2D eigenvalue weighted by Gasteiger charge is 2.20. The van der Waals surface area contributed by atoms with Gasteiger partial charge in [0.05, 0.1) is 7.11 Å². The van der Waals surface area contributed by atoms with E-state index in [1.165, 1.54) is 77.7 Å². The average molecular weight is 428 g/mol. The van der Waals surface area contributed by atoms with E-state index in [0.29, 0.717) is 12.8 Å². The van der Waals surface area contributed by atoms with Gasteiger partial charge >= 0.3 is 5.97 Å². The highest BCUT2D eigenvalue weighted by molar-refractivity contribution is 7.98. The maximum absolute atomic E-state index is 12.0. The zero-order valence-corrected chi connectivity index (χ0v) is 20.0. The van der Waals surface area contributed by atoms with Crippen molar-refractivity contribution in [1.82, 2.24) is 5.32 Å². The van der Waals surface area contributed by atoms with E-state index in [4.69, 9.17) is 4.74 Å². The van der Waals surface area contributed by atoms with Crippen molar-refractivity contribution in [3.05, 3.63) is 12.2 Å². The Morgan fingerprint density at radius 3 is 2.00 bits per heavy atom. The maximum atomic E-state index is 12.0. The minimum Gasteiger partial charge on any atom is -0.467 e. The molecule has 0 aromatic heterocycles. The van der Waals surface area contributed by atoms with E-state index in [1.807, 2.05) is 6.26 Å². The fourth-order valence-electron chi connectivity index (χ4n) is 3.25. The SMILES string of the molecule is CCCCCCCC/C=C\CCCCCCCC(=O)NC(CCSC)C(=O)OC. The summed E-state index contributed by atoms with van der Waals surface area (Å²) < 4.78 is 4.77. The smallest absolute Gasteiger partial charge is 0.328 e. The molecule has 0 aliphatic heterocycles. The van der Waals surface area contributed by atoms with Gasteiger partial charge in [0.25, 0.3) is 0 Å². The van der Waals surface area contributed by atoms with Gasteiger partial charge in [0.1, 0.15) is 6.04 Å². The molecule has 29 heavy (non-hydrogen) atoms. The van der Waals surface area contributed by atoms with Gasteiger partial charge in [-0.1, -0.05) is 70.4 Å². The van der Waals surface area contributed by atoms with Gasteiger partial charge in [0.15, 0.2) is 0 Å². The molecule has 0 radical (unpaired) electrons. The predicted molar refractivity (Wildman–Crippen MR) is 126 cm³/mol. The molecule has 0 aromatic carbocycles. The van der Waals surface area contributed by atoms with Crippen molar-refractivity contribution in [2.75, 3.05) is 19.1 Å². The Morgan fingerprint density at radius 1 is 0.897 bits per heavy atom. The second-order valence-electron chi connectivity index (χ2n) is 7.76. The van der Waals surface area contributed by atoms with Crippen molar-refractivity contribution < 1.29 is 14.3 Å². The molecular weight excluding hydrogens is 382 g/mol. The molecular formula is C24H45NO3S. The first-order chi connectivity index (χ1) is 14.2. The quantitative estimate of drug-likeness (QED) is 0.138. The summed E-state index contributed by atoms with van der Waals surface area (Å²) in [6.07, 6.45) is 24.0. The van der Waals surface area contributed by atoms with Crippen molar-refractivity contribution in [2.24, 2.45) is 0 Å². The second kappa shape index (κ2) is 21.7. The highest BCUT2D eigenvalue weighted by Crippen LogP contribution is 2.10. The summed E-state index contributed by atoms with van der Waals surface area (Å²) in [5, 5.41) is 2.82. The number of esters is 1. The standard InChI is InChI=1S/C24H45NO3S/c1-4-5-6-7-8-9-10-11-12-13-14-15-16-17-18-19-23(26)25-22(20-21-29-3)24(27)28-2/h11-12,22H,4-10,13-21H2,1-3H3,(H,25,26)/b12-11-. The lowest BCUT2D eigenvalue weighted by atomic mass is 10.1. The number of hydrogen-bond donors (Lipinski definition) is 1. The number of rotatable bonds is 20. The van der Waals surface area contributed by atoms with E-state index >= 15 is 0 Å². The minimum absolute atomic E-state index is 0.0425. The molecule has 170 valence electrons. The maximum Gasteiger partial charge on any atom is 0.328 e. The molecule has 1 amide bonds. The fraction of sp³-hybridized carbons (Fsp3) is 0.833. The first kappa shape index (κ1) is 28.0. The Kier molecular flexibility index (Phi) is 21.0. The summed E-state index contributed by atoms with van der Waals surface area (Å²) in [6, 6.07) is -0.511. The monoisotopic (exact) mass is 427 g/mol. The van der Waals surface area contributed by atoms with E-state index in [1.54, 1.807) is 11.8 Å². The van der Waals surface area contributed by atoms with E-state index in [9.17, 15) is 9.59 Å². The summed E-state index contributed by atoms with van der Waals surface area (Å²) in [5.41, 5.74) is 0. The van der Waals surface area contributed by atoms with Crippen molar-refractivity contribution in [2.45, 2.75) is 109 Å². The van der Waals surface area contributed by atoms with E-state index in [0.717, 1.165) is 18.6 Å². The zero-order chi connectivity index (χ0) is 21.6. The van der Waals surface area contributed by atoms with Gasteiger partial charge in [0.2, 0.25) is 5.91 Å². The van der Waals surface area contributed by atoms with Crippen LogP contribution >= 0.6 is 11.8 Å². The molecule has 1 atom stereocenters. The molecule has 5 heteroatoms. The van der Waals surface area contributed by atoms with Gasteiger partial charge in [-0.15, -0.1) is 0 Å². The van der Waals surface area contributed by atoms with Gasteiger partial charge in [-0.3, -0.25) is 4.79 Å². The van der Waals surface area contributed by atoms with Crippen molar-refractivity contribution in [3.63, 3.8) is 0 Å². The van der Waals surface area contributed by atoms with Crippen LogP contribution in [0.3, 0.4) is 0 Å². The van der Waals surface area contributed by atoms with Crippen LogP contribution in [-0.2, 0) is 14.3 Å². The number of thioether (sulfide) groups is 1. The van der Waals surface area contributed by atoms with Crippen LogP contribution in [0.25, 0.3) is 0 Å². The summed E-state index contributed by atoms with van der Waals surface area (Å²) in [7, 11) is 1.37. The number of ether oxygens (including phenoxy) is 1. The predicted octanol–water partition coefficient (Wildman–Crippen LogP) is 6.43.